The van der Waals surface area contributed by atoms with Crippen LogP contribution in [-0.2, 0) is 6.54 Å². The van der Waals surface area contributed by atoms with Gasteiger partial charge < -0.3 is 10.1 Å². The van der Waals surface area contributed by atoms with Gasteiger partial charge in [-0.2, -0.15) is 0 Å². The molecule has 1 aliphatic rings. The number of nitrogens with zero attached hydrogens (tertiary/aromatic N) is 3. The molecule has 0 aromatic carbocycles. The Labute approximate surface area is 107 Å². The quantitative estimate of drug-likeness (QED) is 0.890. The van der Waals surface area contributed by atoms with E-state index in [-0.39, 0.29) is 5.54 Å². The van der Waals surface area contributed by atoms with Crippen LogP contribution in [0, 0.1) is 5.92 Å². The first-order valence-electron chi connectivity index (χ1n) is 6.51. The zero-order valence-corrected chi connectivity index (χ0v) is 11.0. The molecule has 0 saturated carbocycles. The Morgan fingerprint density at radius 3 is 2.83 bits per heavy atom. The van der Waals surface area contributed by atoms with Crippen LogP contribution in [-0.4, -0.2) is 32.9 Å². The summed E-state index contributed by atoms with van der Waals surface area (Å²) in [7, 11) is 0. The van der Waals surface area contributed by atoms with E-state index in [1.54, 1.807) is 0 Å². The second kappa shape index (κ2) is 4.07. The average Bonchev–Trinajstić information content (AvgIpc) is 2.68. The van der Waals surface area contributed by atoms with E-state index in [0.29, 0.717) is 5.92 Å². The Kier molecular flexibility index (Phi) is 2.64. The molecule has 1 aliphatic heterocycles. The Bertz CT molecular complexity index is 519. The van der Waals surface area contributed by atoms with E-state index in [0.717, 1.165) is 31.0 Å². The van der Waals surface area contributed by atoms with E-state index < -0.39 is 0 Å². The number of rotatable bonds is 3. The van der Waals surface area contributed by atoms with Gasteiger partial charge in [-0.05, 0) is 18.1 Å². The minimum absolute atomic E-state index is 0.000835. The molecule has 0 spiro atoms. The molecule has 2 N–H and O–H groups in total. The number of imidazole rings is 1. The number of hydrogen-bond acceptors (Lipinski definition) is 3. The van der Waals surface area contributed by atoms with Crippen LogP contribution in [0.15, 0.2) is 30.6 Å². The molecule has 3 rings (SSSR count). The van der Waals surface area contributed by atoms with Gasteiger partial charge in [-0.25, -0.2) is 4.98 Å². The number of pyridine rings is 1. The molecule has 2 aromatic rings. The van der Waals surface area contributed by atoms with Gasteiger partial charge in [0.2, 0.25) is 0 Å². The topological polar surface area (TPSA) is 46.6 Å². The zero-order chi connectivity index (χ0) is 12.8. The highest BCUT2D eigenvalue weighted by Crippen LogP contribution is 2.27. The van der Waals surface area contributed by atoms with E-state index in [1.807, 2.05) is 24.4 Å². The van der Waals surface area contributed by atoms with Gasteiger partial charge in [0.25, 0.3) is 0 Å². The Morgan fingerprint density at radius 2 is 2.17 bits per heavy atom. The van der Waals surface area contributed by atoms with Gasteiger partial charge >= 0.3 is 0 Å². The molecular formula is C14H20N4. The minimum atomic E-state index is -0.000835. The highest BCUT2D eigenvalue weighted by atomic mass is 15.3. The molecule has 3 heterocycles. The smallest absolute Gasteiger partial charge is 0.137 e. The van der Waals surface area contributed by atoms with Gasteiger partial charge in [-0.3, -0.25) is 4.90 Å². The number of aromatic nitrogens is 2. The highest BCUT2D eigenvalue weighted by molar-refractivity contribution is 5.39. The summed E-state index contributed by atoms with van der Waals surface area (Å²) >= 11 is 0. The molecule has 96 valence electrons. The lowest BCUT2D eigenvalue weighted by Crippen LogP contribution is -2.69. The second-order valence-corrected chi connectivity index (χ2v) is 5.73. The van der Waals surface area contributed by atoms with Crippen molar-refractivity contribution in [1.82, 2.24) is 14.3 Å². The average molecular weight is 244 g/mol. The standard InChI is InChI=1S/C14H20N4/c1-11(2)14(15)9-17(10-14)7-12-8-18-6-4-3-5-13(18)16-12/h3-6,8,11H,7,9-10,15H2,1-2H3. The largest absolute Gasteiger partial charge is 0.323 e. The number of fused-ring (bicyclic) bond motifs is 1. The van der Waals surface area contributed by atoms with Crippen molar-refractivity contribution in [2.75, 3.05) is 13.1 Å². The van der Waals surface area contributed by atoms with Crippen molar-refractivity contribution in [3.05, 3.63) is 36.3 Å². The van der Waals surface area contributed by atoms with E-state index in [4.69, 9.17) is 5.73 Å². The molecule has 0 radical (unpaired) electrons. The van der Waals surface area contributed by atoms with Crippen molar-refractivity contribution in [1.29, 1.82) is 0 Å². The predicted octanol–water partition coefficient (Wildman–Crippen LogP) is 1.50. The molecule has 4 heteroatoms. The van der Waals surface area contributed by atoms with Crippen LogP contribution in [0.25, 0.3) is 5.65 Å². The molecule has 0 unspecified atom stereocenters. The zero-order valence-electron chi connectivity index (χ0n) is 11.0. The third-order valence-electron chi connectivity index (χ3n) is 3.99. The third kappa shape index (κ3) is 1.91. The fourth-order valence-electron chi connectivity index (χ4n) is 2.56. The van der Waals surface area contributed by atoms with Crippen molar-refractivity contribution in [3.63, 3.8) is 0 Å². The molecule has 0 aliphatic carbocycles. The Morgan fingerprint density at radius 1 is 1.39 bits per heavy atom. The summed E-state index contributed by atoms with van der Waals surface area (Å²) in [6, 6.07) is 6.06. The van der Waals surface area contributed by atoms with Crippen molar-refractivity contribution in [2.45, 2.75) is 25.9 Å². The van der Waals surface area contributed by atoms with Crippen LogP contribution in [0.3, 0.4) is 0 Å². The summed E-state index contributed by atoms with van der Waals surface area (Å²) < 4.78 is 2.06. The highest BCUT2D eigenvalue weighted by Gasteiger charge is 2.41. The van der Waals surface area contributed by atoms with E-state index in [2.05, 4.69) is 34.3 Å². The fourth-order valence-corrected chi connectivity index (χ4v) is 2.56. The molecule has 4 nitrogen and oxygen atoms in total. The molecule has 0 bridgehead atoms. The molecule has 1 fully saturated rings. The van der Waals surface area contributed by atoms with Gasteiger partial charge in [0.1, 0.15) is 5.65 Å². The van der Waals surface area contributed by atoms with Crippen LogP contribution in [0.5, 0.6) is 0 Å². The molecule has 1 saturated heterocycles. The lowest BCUT2D eigenvalue weighted by Gasteiger charge is -2.50. The number of hydrogen-bond donors (Lipinski definition) is 1. The first kappa shape index (κ1) is 11.7. The lowest BCUT2D eigenvalue weighted by atomic mass is 9.80. The predicted molar refractivity (Wildman–Crippen MR) is 72.2 cm³/mol. The van der Waals surface area contributed by atoms with E-state index >= 15 is 0 Å². The molecule has 18 heavy (non-hydrogen) atoms. The monoisotopic (exact) mass is 244 g/mol. The van der Waals surface area contributed by atoms with Gasteiger partial charge in [0, 0.05) is 37.6 Å². The van der Waals surface area contributed by atoms with Crippen LogP contribution in [0.2, 0.25) is 0 Å². The molecular weight excluding hydrogens is 224 g/mol. The van der Waals surface area contributed by atoms with Crippen LogP contribution in [0.4, 0.5) is 0 Å². The maximum absolute atomic E-state index is 6.30. The third-order valence-corrected chi connectivity index (χ3v) is 3.99. The Hall–Kier alpha value is -1.39. The summed E-state index contributed by atoms with van der Waals surface area (Å²) in [5.41, 5.74) is 8.42. The normalized spacial score (nSPS) is 19.3. The second-order valence-electron chi connectivity index (χ2n) is 5.73. The molecule has 0 atom stereocenters. The maximum atomic E-state index is 6.30. The molecule has 0 amide bonds. The van der Waals surface area contributed by atoms with Gasteiger partial charge in [-0.1, -0.05) is 19.9 Å². The first-order chi connectivity index (χ1) is 8.57. The fraction of sp³-hybridized carbons (Fsp3) is 0.500. The van der Waals surface area contributed by atoms with Gasteiger partial charge in [0.15, 0.2) is 0 Å². The summed E-state index contributed by atoms with van der Waals surface area (Å²) in [5.74, 6) is 0.537. The first-order valence-corrected chi connectivity index (χ1v) is 6.51. The van der Waals surface area contributed by atoms with Crippen LogP contribution >= 0.6 is 0 Å². The van der Waals surface area contributed by atoms with E-state index in [1.165, 1.54) is 0 Å². The van der Waals surface area contributed by atoms with Gasteiger partial charge in [0.05, 0.1) is 5.69 Å². The van der Waals surface area contributed by atoms with Crippen molar-refractivity contribution in [2.24, 2.45) is 11.7 Å². The lowest BCUT2D eigenvalue weighted by molar-refractivity contribution is 0.0305. The summed E-state index contributed by atoms with van der Waals surface area (Å²) in [6.45, 7) is 7.23. The minimum Gasteiger partial charge on any atom is -0.323 e. The van der Waals surface area contributed by atoms with Crippen molar-refractivity contribution < 1.29 is 0 Å². The van der Waals surface area contributed by atoms with Crippen molar-refractivity contribution in [3.8, 4) is 0 Å². The van der Waals surface area contributed by atoms with E-state index in [9.17, 15) is 0 Å². The van der Waals surface area contributed by atoms with Crippen molar-refractivity contribution >= 4 is 5.65 Å². The summed E-state index contributed by atoms with van der Waals surface area (Å²) in [6.07, 6.45) is 4.13. The maximum Gasteiger partial charge on any atom is 0.137 e. The Balaban J connectivity index is 1.68. The van der Waals surface area contributed by atoms with Crippen LogP contribution < -0.4 is 5.73 Å². The summed E-state index contributed by atoms with van der Waals surface area (Å²) in [5, 5.41) is 0. The SMILES string of the molecule is CC(C)C1(N)CN(Cc2cn3ccccc3n2)C1. The van der Waals surface area contributed by atoms with Crippen LogP contribution in [0.1, 0.15) is 19.5 Å². The van der Waals surface area contributed by atoms with Gasteiger partial charge in [-0.15, -0.1) is 0 Å². The summed E-state index contributed by atoms with van der Waals surface area (Å²) in [4.78, 5) is 6.97. The number of nitrogens with two attached hydrogens (primary N) is 1. The molecule has 2 aromatic heterocycles. The number of likely N-dealkylation sites (tertiary alicyclic amines) is 1.